The number of carbonyl (C=O) groups is 2. The SMILES string of the molecule is COCCC(C)(C)CNC1CC(=O)N(C(C)C)C1=O. The average Bonchev–Trinajstić information content (AvgIpc) is 2.59. The predicted octanol–water partition coefficient (Wildman–Crippen LogP) is 1.17. The van der Waals surface area contributed by atoms with E-state index in [1.165, 1.54) is 4.90 Å². The van der Waals surface area contributed by atoms with Gasteiger partial charge < -0.3 is 10.1 Å². The average molecular weight is 270 g/mol. The van der Waals surface area contributed by atoms with E-state index < -0.39 is 0 Å². The Hall–Kier alpha value is -0.940. The highest BCUT2D eigenvalue weighted by molar-refractivity contribution is 6.05. The van der Waals surface area contributed by atoms with Crippen LogP contribution < -0.4 is 5.32 Å². The van der Waals surface area contributed by atoms with E-state index in [4.69, 9.17) is 4.74 Å². The van der Waals surface area contributed by atoms with Gasteiger partial charge in [0.25, 0.3) is 0 Å². The highest BCUT2D eigenvalue weighted by Crippen LogP contribution is 2.21. The summed E-state index contributed by atoms with van der Waals surface area (Å²) in [5, 5.41) is 3.23. The summed E-state index contributed by atoms with van der Waals surface area (Å²) in [5.41, 5.74) is 0.0462. The third-order valence-electron chi connectivity index (χ3n) is 3.51. The summed E-state index contributed by atoms with van der Waals surface area (Å²) in [6, 6.07) is -0.426. The zero-order valence-corrected chi connectivity index (χ0v) is 12.7. The molecule has 1 N–H and O–H groups in total. The van der Waals surface area contributed by atoms with Crippen LogP contribution in [0.1, 0.15) is 40.5 Å². The molecule has 1 atom stereocenters. The van der Waals surface area contributed by atoms with Gasteiger partial charge in [-0.3, -0.25) is 14.5 Å². The van der Waals surface area contributed by atoms with E-state index in [0.717, 1.165) is 6.42 Å². The molecule has 1 rings (SSSR count). The van der Waals surface area contributed by atoms with Crippen molar-refractivity contribution >= 4 is 11.8 Å². The zero-order chi connectivity index (χ0) is 14.6. The van der Waals surface area contributed by atoms with Crippen LogP contribution in [-0.2, 0) is 14.3 Å². The highest BCUT2D eigenvalue weighted by Gasteiger charge is 2.40. The number of hydrogen-bond donors (Lipinski definition) is 1. The first kappa shape index (κ1) is 16.1. The minimum Gasteiger partial charge on any atom is -0.385 e. The number of likely N-dealkylation sites (tertiary alicyclic amines) is 1. The quantitative estimate of drug-likeness (QED) is 0.706. The second kappa shape index (κ2) is 6.48. The number of carbonyl (C=O) groups excluding carboxylic acids is 2. The monoisotopic (exact) mass is 270 g/mol. The summed E-state index contributed by atoms with van der Waals surface area (Å²) in [6.45, 7) is 9.37. The first-order chi connectivity index (χ1) is 8.78. The van der Waals surface area contributed by atoms with E-state index in [9.17, 15) is 9.59 Å². The second-order valence-corrected chi connectivity index (χ2v) is 6.24. The summed E-state index contributed by atoms with van der Waals surface area (Å²) >= 11 is 0. The van der Waals surface area contributed by atoms with Crippen molar-refractivity contribution in [1.82, 2.24) is 10.2 Å². The molecule has 1 saturated heterocycles. The van der Waals surface area contributed by atoms with Crippen LogP contribution in [0.2, 0.25) is 0 Å². The maximum Gasteiger partial charge on any atom is 0.247 e. The van der Waals surface area contributed by atoms with Crippen molar-refractivity contribution in [3.63, 3.8) is 0 Å². The molecular weight excluding hydrogens is 244 g/mol. The van der Waals surface area contributed by atoms with Gasteiger partial charge in [-0.25, -0.2) is 0 Å². The topological polar surface area (TPSA) is 58.6 Å². The van der Waals surface area contributed by atoms with E-state index in [-0.39, 0.29) is 35.7 Å². The summed E-state index contributed by atoms with van der Waals surface area (Å²) in [5.74, 6) is -0.172. The minimum atomic E-state index is -0.364. The standard InChI is InChI=1S/C14H26N2O3/c1-10(2)16-12(17)8-11(13(16)18)15-9-14(3,4)6-7-19-5/h10-11,15H,6-9H2,1-5H3. The van der Waals surface area contributed by atoms with E-state index in [1.54, 1.807) is 7.11 Å². The molecule has 1 unspecified atom stereocenters. The van der Waals surface area contributed by atoms with Gasteiger partial charge >= 0.3 is 0 Å². The Morgan fingerprint density at radius 3 is 2.53 bits per heavy atom. The molecule has 5 heteroatoms. The molecule has 0 saturated carbocycles. The molecule has 5 nitrogen and oxygen atoms in total. The molecule has 19 heavy (non-hydrogen) atoms. The summed E-state index contributed by atoms with van der Waals surface area (Å²) in [7, 11) is 1.68. The number of rotatable bonds is 7. The Labute approximate surface area is 115 Å². The molecule has 1 aliphatic heterocycles. The largest absolute Gasteiger partial charge is 0.385 e. The van der Waals surface area contributed by atoms with Crippen LogP contribution in [0.25, 0.3) is 0 Å². The fourth-order valence-electron chi connectivity index (χ4n) is 2.22. The van der Waals surface area contributed by atoms with Gasteiger partial charge in [0.05, 0.1) is 12.5 Å². The summed E-state index contributed by atoms with van der Waals surface area (Å²) in [6.07, 6.45) is 1.19. The fraction of sp³-hybridized carbons (Fsp3) is 0.857. The number of nitrogens with zero attached hydrogens (tertiary/aromatic N) is 1. The Bertz CT molecular complexity index is 340. The Morgan fingerprint density at radius 2 is 2.05 bits per heavy atom. The first-order valence-corrected chi connectivity index (χ1v) is 6.87. The fourth-order valence-corrected chi connectivity index (χ4v) is 2.22. The number of methoxy groups -OCH3 is 1. The van der Waals surface area contributed by atoms with Gasteiger partial charge in [-0.05, 0) is 25.7 Å². The lowest BCUT2D eigenvalue weighted by molar-refractivity contribution is -0.140. The maximum absolute atomic E-state index is 12.1. The summed E-state index contributed by atoms with van der Waals surface area (Å²) in [4.78, 5) is 25.2. The third-order valence-corrected chi connectivity index (χ3v) is 3.51. The van der Waals surface area contributed by atoms with Crippen LogP contribution in [0.15, 0.2) is 0 Å². The lowest BCUT2D eigenvalue weighted by Crippen LogP contribution is -2.44. The highest BCUT2D eigenvalue weighted by atomic mass is 16.5. The van der Waals surface area contributed by atoms with Gasteiger partial charge in [0.1, 0.15) is 0 Å². The first-order valence-electron chi connectivity index (χ1n) is 6.87. The molecular formula is C14H26N2O3. The van der Waals surface area contributed by atoms with E-state index in [1.807, 2.05) is 13.8 Å². The van der Waals surface area contributed by atoms with Crippen molar-refractivity contribution in [2.75, 3.05) is 20.3 Å². The lowest BCUT2D eigenvalue weighted by atomic mass is 9.89. The normalized spacial score (nSPS) is 20.7. The van der Waals surface area contributed by atoms with Crippen LogP contribution >= 0.6 is 0 Å². The van der Waals surface area contributed by atoms with E-state index in [0.29, 0.717) is 13.2 Å². The number of imide groups is 1. The van der Waals surface area contributed by atoms with Crippen molar-refractivity contribution < 1.29 is 14.3 Å². The van der Waals surface area contributed by atoms with Crippen LogP contribution in [0.4, 0.5) is 0 Å². The molecule has 0 radical (unpaired) electrons. The number of hydrogen-bond acceptors (Lipinski definition) is 4. The van der Waals surface area contributed by atoms with Crippen LogP contribution in [0.3, 0.4) is 0 Å². The Kier molecular flexibility index (Phi) is 5.50. The third kappa shape index (κ3) is 4.28. The molecule has 1 aliphatic rings. The maximum atomic E-state index is 12.1. The van der Waals surface area contributed by atoms with E-state index in [2.05, 4.69) is 19.2 Å². The van der Waals surface area contributed by atoms with E-state index >= 15 is 0 Å². The molecule has 110 valence electrons. The van der Waals surface area contributed by atoms with Crippen LogP contribution in [-0.4, -0.2) is 49.1 Å². The molecule has 0 aromatic rings. The number of ether oxygens (including phenoxy) is 1. The molecule has 1 heterocycles. The lowest BCUT2D eigenvalue weighted by Gasteiger charge is -2.26. The van der Waals surface area contributed by atoms with Gasteiger partial charge in [0.2, 0.25) is 11.8 Å². The summed E-state index contributed by atoms with van der Waals surface area (Å²) < 4.78 is 5.08. The molecule has 0 aromatic carbocycles. The number of amides is 2. The minimum absolute atomic E-state index is 0.0462. The van der Waals surface area contributed by atoms with Crippen molar-refractivity contribution in [2.24, 2.45) is 5.41 Å². The van der Waals surface area contributed by atoms with Gasteiger partial charge in [-0.1, -0.05) is 13.8 Å². The van der Waals surface area contributed by atoms with Crippen LogP contribution in [0.5, 0.6) is 0 Å². The molecule has 2 amide bonds. The molecule has 1 fully saturated rings. The van der Waals surface area contributed by atoms with Gasteiger partial charge in [-0.2, -0.15) is 0 Å². The molecule has 0 spiro atoms. The Morgan fingerprint density at radius 1 is 1.42 bits per heavy atom. The predicted molar refractivity (Wildman–Crippen MR) is 73.7 cm³/mol. The van der Waals surface area contributed by atoms with Crippen molar-refractivity contribution in [2.45, 2.75) is 52.6 Å². The zero-order valence-electron chi connectivity index (χ0n) is 12.7. The number of nitrogens with one attached hydrogen (secondary N) is 1. The Balaban J connectivity index is 2.51. The smallest absolute Gasteiger partial charge is 0.247 e. The molecule has 0 aliphatic carbocycles. The molecule has 0 bridgehead atoms. The van der Waals surface area contributed by atoms with Gasteiger partial charge in [0, 0.05) is 26.3 Å². The van der Waals surface area contributed by atoms with Crippen molar-refractivity contribution in [1.29, 1.82) is 0 Å². The van der Waals surface area contributed by atoms with Crippen molar-refractivity contribution in [3.8, 4) is 0 Å². The van der Waals surface area contributed by atoms with Gasteiger partial charge in [-0.15, -0.1) is 0 Å². The second-order valence-electron chi connectivity index (χ2n) is 6.24. The van der Waals surface area contributed by atoms with Gasteiger partial charge in [0.15, 0.2) is 0 Å². The van der Waals surface area contributed by atoms with Crippen LogP contribution in [0, 0.1) is 5.41 Å². The van der Waals surface area contributed by atoms with Crippen molar-refractivity contribution in [3.05, 3.63) is 0 Å². The molecule has 0 aromatic heterocycles.